The van der Waals surface area contributed by atoms with Crippen LogP contribution in [0.3, 0.4) is 0 Å². The summed E-state index contributed by atoms with van der Waals surface area (Å²) in [5, 5.41) is 5.60. The zero-order valence-electron chi connectivity index (χ0n) is 34.1. The van der Waals surface area contributed by atoms with Gasteiger partial charge in [-0.3, -0.25) is 33.9 Å². The number of halogens is 2. The third-order valence-electron chi connectivity index (χ3n) is 14.4. The van der Waals surface area contributed by atoms with Crippen LogP contribution in [0.15, 0.2) is 72.8 Å². The number of phosphoric ester groups is 1. The maximum absolute atomic E-state index is 15.1. The lowest BCUT2D eigenvalue weighted by molar-refractivity contribution is -0.137. The first-order chi connectivity index (χ1) is 30.3. The molecule has 5 amide bonds. The summed E-state index contributed by atoms with van der Waals surface area (Å²) in [7, 11) is -4.94. The van der Waals surface area contributed by atoms with E-state index in [0.29, 0.717) is 91.6 Å². The quantitative estimate of drug-likeness (QED) is 0.0496. The van der Waals surface area contributed by atoms with Gasteiger partial charge in [0.1, 0.15) is 11.5 Å². The number of hydrogen-bond acceptors (Lipinski definition) is 8. The maximum Gasteiger partial charge on any atom is 0.524 e. The third-order valence-corrected chi connectivity index (χ3v) is 15.6. The molecule has 3 N–H and O–H groups in total. The molecule has 4 aromatic carbocycles. The molecule has 328 valence electrons. The molecular weight excluding hydrogens is 870 g/mol. The number of nitrogens with zero attached hydrogens (tertiary/aromatic N) is 3. The van der Waals surface area contributed by atoms with Crippen molar-refractivity contribution >= 4 is 93.7 Å². The van der Waals surface area contributed by atoms with E-state index < -0.39 is 24.7 Å². The Balaban J connectivity index is 0.863. The van der Waals surface area contributed by atoms with E-state index in [1.807, 2.05) is 36.4 Å². The summed E-state index contributed by atoms with van der Waals surface area (Å²) >= 11 is 13.2. The molecule has 63 heavy (non-hydrogen) atoms. The highest BCUT2D eigenvalue weighted by atomic mass is 35.5. The number of unbranched alkanes of at least 4 members (excludes halogenated alkanes) is 3. The van der Waals surface area contributed by atoms with Crippen LogP contribution in [0, 0.1) is 22.7 Å². The molecule has 17 heteroatoms. The molecule has 7 aliphatic rings. The number of hydrogen-bond donors (Lipinski definition) is 3. The molecule has 11 rings (SSSR count). The summed E-state index contributed by atoms with van der Waals surface area (Å²) in [6.45, 7) is 1.37. The number of anilines is 2. The number of imide groups is 1. The molecule has 4 saturated carbocycles. The summed E-state index contributed by atoms with van der Waals surface area (Å²) in [6, 6.07) is 18.0. The summed E-state index contributed by atoms with van der Waals surface area (Å²) in [4.78, 5) is 91.1. The Kier molecular flexibility index (Phi) is 10.4. The Bertz CT molecular complexity index is 2690. The standard InChI is InChI=1S/C46H45Cl2N4O10P/c47-21-26-23-51(34-17-36(28-9-3-5-11-30(28)40(26)34)61-44(57)49-15-7-1-2-8-16-50-38(53)13-14-39(50)54)42(55)45-19-32-33(20-45)46(32,25-45)43(56)52-24-27(22-48)41-31-12-6-4-10-29(31)37(18-35(41)52)62-63(58,59)60/h3-6,9-14,17-18,26-27,32-33H,1-2,7-8,15-16,19-25H2,(H,49,57)(H2,58,59,60)/t26-,27-,32?,33?,45?,46?/m1/s1. The molecule has 0 radical (unpaired) electrons. The molecule has 4 aliphatic carbocycles. The Morgan fingerprint density at radius 1 is 0.746 bits per heavy atom. The largest absolute Gasteiger partial charge is 0.524 e. The van der Waals surface area contributed by atoms with Crippen LogP contribution in [0.25, 0.3) is 21.5 Å². The minimum Gasteiger partial charge on any atom is -0.410 e. The molecule has 0 aromatic heterocycles. The van der Waals surface area contributed by atoms with Crippen molar-refractivity contribution in [1.29, 1.82) is 0 Å². The van der Waals surface area contributed by atoms with Gasteiger partial charge in [-0.2, -0.15) is 0 Å². The molecule has 14 nitrogen and oxygen atoms in total. The average Bonchev–Trinajstić information content (AvgIpc) is 3.99. The van der Waals surface area contributed by atoms with Crippen LogP contribution in [0.4, 0.5) is 16.2 Å². The van der Waals surface area contributed by atoms with Crippen LogP contribution >= 0.6 is 31.0 Å². The second-order valence-corrected chi connectivity index (χ2v) is 19.6. The Morgan fingerprint density at radius 3 is 1.84 bits per heavy atom. The summed E-state index contributed by atoms with van der Waals surface area (Å²) in [6.07, 6.45) is 6.34. The van der Waals surface area contributed by atoms with Gasteiger partial charge in [0, 0.05) is 84.8 Å². The Morgan fingerprint density at radius 2 is 1.27 bits per heavy atom. The highest BCUT2D eigenvalue weighted by molar-refractivity contribution is 7.46. The van der Waals surface area contributed by atoms with Crippen molar-refractivity contribution in [2.24, 2.45) is 22.7 Å². The fraction of sp³-hybridized carbons (Fsp3) is 0.413. The zero-order valence-corrected chi connectivity index (χ0v) is 36.5. The van der Waals surface area contributed by atoms with Crippen molar-refractivity contribution in [1.82, 2.24) is 10.2 Å². The van der Waals surface area contributed by atoms with Crippen LogP contribution in [-0.2, 0) is 23.7 Å². The van der Waals surface area contributed by atoms with Crippen molar-refractivity contribution < 1.29 is 47.6 Å². The van der Waals surface area contributed by atoms with Gasteiger partial charge < -0.3 is 24.4 Å². The first kappa shape index (κ1) is 42.0. The molecule has 3 aliphatic heterocycles. The van der Waals surface area contributed by atoms with Gasteiger partial charge in [-0.25, -0.2) is 9.36 Å². The SMILES string of the molecule is O=C(NCCCCCCN1C(=O)C=CC1=O)Oc1cc2c(c3ccccc13)[C@H](CCl)CN2C(=O)C12CC3C(C1)C3(C(=O)N1C[C@@H](CCl)c3c1cc(OP(=O)(O)O)c1ccccc31)C2. The molecule has 2 unspecified atom stereocenters. The van der Waals surface area contributed by atoms with Crippen LogP contribution in [0.5, 0.6) is 11.5 Å². The van der Waals surface area contributed by atoms with E-state index in [0.717, 1.165) is 29.4 Å². The van der Waals surface area contributed by atoms with Crippen molar-refractivity contribution in [2.45, 2.75) is 56.8 Å². The molecule has 0 saturated heterocycles. The number of phosphoric acid groups is 1. The number of carbonyl (C=O) groups excluding carboxylic acids is 5. The van der Waals surface area contributed by atoms with E-state index in [1.54, 1.807) is 34.1 Å². The Labute approximate surface area is 372 Å². The average molecular weight is 916 g/mol. The van der Waals surface area contributed by atoms with Crippen LogP contribution < -0.4 is 24.4 Å². The molecule has 0 spiro atoms. The van der Waals surface area contributed by atoms with Crippen molar-refractivity contribution in [2.75, 3.05) is 47.7 Å². The first-order valence-corrected chi connectivity index (χ1v) is 24.0. The summed E-state index contributed by atoms with van der Waals surface area (Å²) in [5.41, 5.74) is 1.37. The number of alkyl halides is 2. The van der Waals surface area contributed by atoms with Crippen molar-refractivity contribution in [3.05, 3.63) is 83.9 Å². The lowest BCUT2D eigenvalue weighted by atomic mass is 9.85. The first-order valence-electron chi connectivity index (χ1n) is 21.4. The van der Waals surface area contributed by atoms with Gasteiger partial charge in [0.15, 0.2) is 0 Å². The summed E-state index contributed by atoms with van der Waals surface area (Å²) in [5.74, 6) is -0.348. The number of nitrogens with one attached hydrogen (secondary N) is 1. The number of rotatable bonds is 14. The van der Waals surface area contributed by atoms with E-state index in [4.69, 9.17) is 32.5 Å². The predicted octanol–water partition coefficient (Wildman–Crippen LogP) is 7.49. The normalized spacial score (nSPS) is 26.3. The number of benzene rings is 4. The number of carbonyl (C=O) groups is 5. The van der Waals surface area contributed by atoms with E-state index >= 15 is 4.79 Å². The highest BCUT2D eigenvalue weighted by Crippen LogP contribution is 2.84. The molecule has 4 atom stereocenters. The van der Waals surface area contributed by atoms with Gasteiger partial charge in [0.05, 0.1) is 22.2 Å². The van der Waals surface area contributed by atoms with Gasteiger partial charge in [-0.1, -0.05) is 61.4 Å². The van der Waals surface area contributed by atoms with Gasteiger partial charge in [-0.15, -0.1) is 23.2 Å². The van der Waals surface area contributed by atoms with Gasteiger partial charge in [0.2, 0.25) is 11.8 Å². The maximum atomic E-state index is 15.1. The Hall–Kier alpha value is -4.98. The monoisotopic (exact) mass is 914 g/mol. The van der Waals surface area contributed by atoms with E-state index in [1.165, 1.54) is 17.1 Å². The minimum absolute atomic E-state index is 0.0135. The van der Waals surface area contributed by atoms with E-state index in [9.17, 15) is 33.5 Å². The van der Waals surface area contributed by atoms with Crippen molar-refractivity contribution in [3.8, 4) is 11.5 Å². The van der Waals surface area contributed by atoms with Crippen LogP contribution in [0.2, 0.25) is 0 Å². The zero-order chi connectivity index (χ0) is 44.0. The van der Waals surface area contributed by atoms with Gasteiger partial charge in [-0.05, 0) is 65.8 Å². The molecular formula is C46H45Cl2N4O10P. The second-order valence-electron chi connectivity index (χ2n) is 17.8. The molecule has 4 bridgehead atoms. The van der Waals surface area contributed by atoms with Crippen molar-refractivity contribution in [3.63, 3.8) is 0 Å². The van der Waals surface area contributed by atoms with Gasteiger partial charge >= 0.3 is 13.9 Å². The predicted molar refractivity (Wildman–Crippen MR) is 236 cm³/mol. The lowest BCUT2D eigenvalue weighted by Gasteiger charge is -2.30. The fourth-order valence-electron chi connectivity index (χ4n) is 11.8. The topological polar surface area (TPSA) is 183 Å². The third kappa shape index (κ3) is 6.83. The molecule has 4 fully saturated rings. The van der Waals surface area contributed by atoms with Crippen LogP contribution in [0.1, 0.15) is 67.9 Å². The highest BCUT2D eigenvalue weighted by Gasteiger charge is 2.85. The van der Waals surface area contributed by atoms with Crippen LogP contribution in [-0.4, -0.2) is 82.3 Å². The number of fused-ring (bicyclic) bond motifs is 6. The molecule has 3 heterocycles. The van der Waals surface area contributed by atoms with E-state index in [2.05, 4.69) is 5.32 Å². The molecule has 4 aromatic rings. The number of amides is 5. The second kappa shape index (κ2) is 15.6. The summed E-state index contributed by atoms with van der Waals surface area (Å²) < 4.78 is 23.2. The minimum atomic E-state index is -4.94. The smallest absolute Gasteiger partial charge is 0.410 e. The van der Waals surface area contributed by atoms with E-state index in [-0.39, 0.29) is 64.8 Å². The lowest BCUT2D eigenvalue weighted by Crippen LogP contribution is -2.42. The fourth-order valence-corrected chi connectivity index (χ4v) is 12.7. The number of ether oxygens (including phenoxy) is 1. The van der Waals surface area contributed by atoms with Gasteiger partial charge in [0.25, 0.3) is 11.8 Å².